The van der Waals surface area contributed by atoms with Crippen LogP contribution >= 0.6 is 0 Å². The van der Waals surface area contributed by atoms with E-state index in [-0.39, 0.29) is 29.8 Å². The fourth-order valence-electron chi connectivity index (χ4n) is 3.04. The number of hydrogen-bond donors (Lipinski definition) is 2. The van der Waals surface area contributed by atoms with E-state index in [4.69, 9.17) is 0 Å². The quantitative estimate of drug-likeness (QED) is 0.806. The Balaban J connectivity index is 1.81. The smallest absolute Gasteiger partial charge is 0.254 e. The number of rotatable bonds is 6. The van der Waals surface area contributed by atoms with Crippen molar-refractivity contribution in [2.24, 2.45) is 0 Å². The third-order valence-corrected chi connectivity index (χ3v) is 4.43. The highest BCUT2D eigenvalue weighted by atomic mass is 16.2. The molecule has 2 heterocycles. The third kappa shape index (κ3) is 4.66. The minimum atomic E-state index is -0.180. The van der Waals surface area contributed by atoms with Crippen LogP contribution in [0.1, 0.15) is 49.7 Å². The van der Waals surface area contributed by atoms with Crippen LogP contribution in [0.2, 0.25) is 0 Å². The van der Waals surface area contributed by atoms with E-state index in [0.717, 1.165) is 19.4 Å². The van der Waals surface area contributed by atoms with Gasteiger partial charge in [-0.05, 0) is 40.0 Å². The van der Waals surface area contributed by atoms with E-state index in [1.807, 2.05) is 11.8 Å². The van der Waals surface area contributed by atoms with Crippen molar-refractivity contribution in [1.82, 2.24) is 20.2 Å². The van der Waals surface area contributed by atoms with Crippen LogP contribution in [0.5, 0.6) is 0 Å². The number of nitrogens with zero attached hydrogens (tertiary/aromatic N) is 2. The van der Waals surface area contributed by atoms with Crippen LogP contribution in [0.25, 0.3) is 0 Å². The molecule has 0 aliphatic carbocycles. The molecule has 24 heavy (non-hydrogen) atoms. The maximum absolute atomic E-state index is 12.0. The molecule has 2 amide bonds. The lowest BCUT2D eigenvalue weighted by Gasteiger charge is -2.32. The topological polar surface area (TPSA) is 95.2 Å². The molecule has 0 spiro atoms. The second kappa shape index (κ2) is 8.08. The molecule has 1 aromatic heterocycles. The van der Waals surface area contributed by atoms with Crippen molar-refractivity contribution in [3.63, 3.8) is 0 Å². The molecule has 2 N–H and O–H groups in total. The monoisotopic (exact) mass is 334 g/mol. The molecule has 1 saturated heterocycles. The van der Waals surface area contributed by atoms with Crippen molar-refractivity contribution in [3.8, 4) is 0 Å². The molecule has 1 fully saturated rings. The Bertz CT molecular complexity index is 668. The van der Waals surface area contributed by atoms with E-state index in [0.29, 0.717) is 36.5 Å². The minimum Gasteiger partial charge on any atom is -0.354 e. The van der Waals surface area contributed by atoms with Crippen molar-refractivity contribution >= 4 is 11.8 Å². The lowest BCUT2D eigenvalue weighted by molar-refractivity contribution is -0.135. The molecule has 0 saturated carbocycles. The SMILES string of the molecule is Cc1nc(C)c(CCC(=O)NC[C@@H](C)N2CCCCC2=O)c(=O)[nH]1. The number of carbonyl (C=O) groups excluding carboxylic acids is 2. The minimum absolute atomic E-state index is 0.00655. The summed E-state index contributed by atoms with van der Waals surface area (Å²) < 4.78 is 0. The number of aromatic amines is 1. The molecule has 2 rings (SSSR count). The number of aryl methyl sites for hydroxylation is 2. The predicted molar refractivity (Wildman–Crippen MR) is 90.7 cm³/mol. The Morgan fingerprint density at radius 3 is 2.75 bits per heavy atom. The predicted octanol–water partition coefficient (Wildman–Crippen LogP) is 0.837. The average Bonchev–Trinajstić information content (AvgIpc) is 2.52. The summed E-state index contributed by atoms with van der Waals surface area (Å²) in [6.45, 7) is 6.65. The van der Waals surface area contributed by atoms with E-state index in [1.165, 1.54) is 0 Å². The van der Waals surface area contributed by atoms with Gasteiger partial charge in [-0.15, -0.1) is 0 Å². The number of amides is 2. The van der Waals surface area contributed by atoms with Gasteiger partial charge in [0.2, 0.25) is 11.8 Å². The highest BCUT2D eigenvalue weighted by Gasteiger charge is 2.23. The van der Waals surface area contributed by atoms with E-state index in [2.05, 4.69) is 15.3 Å². The molecule has 7 nitrogen and oxygen atoms in total. The Morgan fingerprint density at radius 2 is 2.08 bits per heavy atom. The number of aromatic nitrogens is 2. The van der Waals surface area contributed by atoms with Gasteiger partial charge in [-0.1, -0.05) is 0 Å². The number of likely N-dealkylation sites (tertiary alicyclic amines) is 1. The van der Waals surface area contributed by atoms with Crippen LogP contribution in [0.3, 0.4) is 0 Å². The van der Waals surface area contributed by atoms with Crippen LogP contribution in [-0.2, 0) is 16.0 Å². The van der Waals surface area contributed by atoms with Crippen molar-refractivity contribution in [1.29, 1.82) is 0 Å². The van der Waals surface area contributed by atoms with E-state index >= 15 is 0 Å². The first kappa shape index (κ1) is 18.2. The van der Waals surface area contributed by atoms with Crippen LogP contribution in [-0.4, -0.2) is 45.8 Å². The van der Waals surface area contributed by atoms with Gasteiger partial charge < -0.3 is 15.2 Å². The summed E-state index contributed by atoms with van der Waals surface area (Å²) in [5.41, 5.74) is 1.03. The molecule has 0 unspecified atom stereocenters. The fourth-order valence-corrected chi connectivity index (χ4v) is 3.04. The first-order valence-corrected chi connectivity index (χ1v) is 8.51. The first-order chi connectivity index (χ1) is 11.4. The number of H-pyrrole nitrogens is 1. The zero-order chi connectivity index (χ0) is 17.7. The normalized spacial score (nSPS) is 16.1. The molecular formula is C17H26N4O3. The standard InChI is InChI=1S/C17H26N4O3/c1-11(21-9-5-4-6-16(21)23)10-18-15(22)8-7-14-12(2)19-13(3)20-17(14)24/h11H,4-10H2,1-3H3,(H,18,22)(H,19,20,24)/t11-/m1/s1. The largest absolute Gasteiger partial charge is 0.354 e. The second-order valence-electron chi connectivity index (χ2n) is 6.41. The van der Waals surface area contributed by atoms with Gasteiger partial charge in [-0.3, -0.25) is 14.4 Å². The lowest BCUT2D eigenvalue weighted by atomic mass is 10.1. The second-order valence-corrected chi connectivity index (χ2v) is 6.41. The summed E-state index contributed by atoms with van der Waals surface area (Å²) in [5, 5.41) is 2.86. The van der Waals surface area contributed by atoms with Crippen LogP contribution in [0.4, 0.5) is 0 Å². The summed E-state index contributed by atoms with van der Waals surface area (Å²) in [6.07, 6.45) is 3.16. The Morgan fingerprint density at radius 1 is 1.33 bits per heavy atom. The van der Waals surface area contributed by atoms with E-state index in [1.54, 1.807) is 13.8 Å². The van der Waals surface area contributed by atoms with Gasteiger partial charge >= 0.3 is 0 Å². The highest BCUT2D eigenvalue weighted by molar-refractivity contribution is 5.78. The van der Waals surface area contributed by atoms with Crippen molar-refractivity contribution in [2.45, 2.75) is 58.9 Å². The van der Waals surface area contributed by atoms with Gasteiger partial charge in [0.25, 0.3) is 5.56 Å². The van der Waals surface area contributed by atoms with Gasteiger partial charge in [-0.25, -0.2) is 4.98 Å². The molecule has 0 radical (unpaired) electrons. The van der Waals surface area contributed by atoms with E-state index in [9.17, 15) is 14.4 Å². The van der Waals surface area contributed by atoms with E-state index < -0.39 is 0 Å². The highest BCUT2D eigenvalue weighted by Crippen LogP contribution is 2.13. The molecule has 0 bridgehead atoms. The van der Waals surface area contributed by atoms with Gasteiger partial charge in [0.05, 0.1) is 0 Å². The molecule has 7 heteroatoms. The maximum Gasteiger partial charge on any atom is 0.254 e. The number of carbonyl (C=O) groups is 2. The van der Waals surface area contributed by atoms with Crippen LogP contribution in [0, 0.1) is 13.8 Å². The molecule has 1 aliphatic rings. The zero-order valence-corrected chi connectivity index (χ0v) is 14.6. The average molecular weight is 334 g/mol. The molecule has 132 valence electrons. The molecular weight excluding hydrogens is 308 g/mol. The molecule has 1 aliphatic heterocycles. The van der Waals surface area contributed by atoms with Crippen molar-refractivity contribution in [3.05, 3.63) is 27.4 Å². The van der Waals surface area contributed by atoms with Crippen molar-refractivity contribution in [2.75, 3.05) is 13.1 Å². The summed E-state index contributed by atoms with van der Waals surface area (Å²) in [7, 11) is 0. The summed E-state index contributed by atoms with van der Waals surface area (Å²) >= 11 is 0. The third-order valence-electron chi connectivity index (χ3n) is 4.43. The van der Waals surface area contributed by atoms with Gasteiger partial charge in [0.15, 0.2) is 0 Å². The van der Waals surface area contributed by atoms with Gasteiger partial charge in [0.1, 0.15) is 5.82 Å². The van der Waals surface area contributed by atoms with Gasteiger partial charge in [-0.2, -0.15) is 0 Å². The van der Waals surface area contributed by atoms with Crippen LogP contribution in [0.15, 0.2) is 4.79 Å². The summed E-state index contributed by atoms with van der Waals surface area (Å²) in [6, 6.07) is -0.00655. The number of hydrogen-bond acceptors (Lipinski definition) is 4. The molecule has 0 aromatic carbocycles. The number of nitrogens with one attached hydrogen (secondary N) is 2. The lowest BCUT2D eigenvalue weighted by Crippen LogP contribution is -2.47. The molecule has 1 aromatic rings. The Labute approximate surface area is 141 Å². The van der Waals surface area contributed by atoms with Crippen molar-refractivity contribution < 1.29 is 9.59 Å². The molecule has 1 atom stereocenters. The Hall–Kier alpha value is -2.18. The number of piperidine rings is 1. The summed E-state index contributed by atoms with van der Waals surface area (Å²) in [4.78, 5) is 44.5. The fraction of sp³-hybridized carbons (Fsp3) is 0.647. The first-order valence-electron chi connectivity index (χ1n) is 8.51. The maximum atomic E-state index is 12.0. The van der Waals surface area contributed by atoms with Gasteiger partial charge in [0, 0.05) is 43.2 Å². The zero-order valence-electron chi connectivity index (χ0n) is 14.6. The van der Waals surface area contributed by atoms with Crippen LogP contribution < -0.4 is 10.9 Å². The Kier molecular flexibility index (Phi) is 6.11. The summed E-state index contributed by atoms with van der Waals surface area (Å²) in [5.74, 6) is 0.618.